The Hall–Kier alpha value is -0.120. The van der Waals surface area contributed by atoms with Crippen LogP contribution in [-0.2, 0) is 0 Å². The number of nitrogens with one attached hydrogen (secondary N) is 2. The first kappa shape index (κ1) is 42.9. The molecule has 0 heterocycles. The highest BCUT2D eigenvalue weighted by molar-refractivity contribution is 4.55. The molecule has 0 aliphatic carbocycles. The van der Waals surface area contributed by atoms with Gasteiger partial charge >= 0.3 is 0 Å². The molecule has 0 bridgehead atoms. The van der Waals surface area contributed by atoms with Gasteiger partial charge < -0.3 is 16.4 Å². The van der Waals surface area contributed by atoms with E-state index in [4.69, 9.17) is 5.73 Å². The summed E-state index contributed by atoms with van der Waals surface area (Å²) >= 11 is 0. The highest BCUT2D eigenvalue weighted by atomic mass is 14.9. The van der Waals surface area contributed by atoms with Crippen molar-refractivity contribution in [1.82, 2.24) is 10.6 Å². The fourth-order valence-corrected chi connectivity index (χ4v) is 6.51. The summed E-state index contributed by atoms with van der Waals surface area (Å²) in [6.45, 7) is 7.25. The summed E-state index contributed by atoms with van der Waals surface area (Å²) < 4.78 is 0. The van der Waals surface area contributed by atoms with Gasteiger partial charge in [-0.15, -0.1) is 0 Å². The van der Waals surface area contributed by atoms with E-state index in [2.05, 4.69) is 17.6 Å². The van der Waals surface area contributed by atoms with E-state index < -0.39 is 0 Å². The second kappa shape index (κ2) is 41.9. The molecule has 3 heteroatoms. The minimum atomic E-state index is 0.736. The van der Waals surface area contributed by atoms with Crippen LogP contribution in [0.5, 0.6) is 0 Å². The maximum absolute atomic E-state index is 5.47. The molecule has 0 aromatic rings. The lowest BCUT2D eigenvalue weighted by atomic mass is 10.0. The molecule has 0 aliphatic heterocycles. The van der Waals surface area contributed by atoms with Crippen molar-refractivity contribution in [2.75, 3.05) is 32.7 Å². The Morgan fingerprint density at radius 2 is 0.465 bits per heavy atom. The topological polar surface area (TPSA) is 50.1 Å². The van der Waals surface area contributed by atoms with Crippen molar-refractivity contribution in [3.05, 3.63) is 0 Å². The summed E-state index contributed by atoms with van der Waals surface area (Å²) in [6, 6.07) is 0. The highest BCUT2D eigenvalue weighted by Gasteiger charge is 1.97. The van der Waals surface area contributed by atoms with Crippen molar-refractivity contribution in [3.8, 4) is 0 Å². The molecule has 0 aliphatic rings. The Kier molecular flexibility index (Phi) is 41.8. The van der Waals surface area contributed by atoms with Gasteiger partial charge in [-0.1, -0.05) is 219 Å². The molecule has 0 spiro atoms. The van der Waals surface area contributed by atoms with Crippen LogP contribution in [0.2, 0.25) is 0 Å². The lowest BCUT2D eigenvalue weighted by Crippen LogP contribution is -2.31. The number of hydrogen-bond donors (Lipinski definition) is 3. The maximum Gasteiger partial charge on any atom is 0.00772 e. The molecular formula is C40H85N3. The number of hydrogen-bond acceptors (Lipinski definition) is 3. The highest BCUT2D eigenvalue weighted by Crippen LogP contribution is 2.17. The lowest BCUT2D eigenvalue weighted by Gasteiger charge is -2.06. The van der Waals surface area contributed by atoms with Gasteiger partial charge in [0, 0.05) is 26.2 Å². The Morgan fingerprint density at radius 1 is 0.256 bits per heavy atom. The summed E-state index contributed by atoms with van der Waals surface area (Å²) in [5, 5.41) is 6.84. The lowest BCUT2D eigenvalue weighted by molar-refractivity contribution is 0.510. The standard InChI is InChI=1S/C40H85N3/c1-2-3-4-5-6-7-8-9-10-11-12-13-14-15-16-17-18-19-20-21-22-23-24-25-26-27-28-29-30-31-32-33-34-35-37-42-39-40-43-38-36-41/h42-43H,2-41H2,1H3. The van der Waals surface area contributed by atoms with Gasteiger partial charge in [0.1, 0.15) is 0 Å². The van der Waals surface area contributed by atoms with Crippen LogP contribution in [0.1, 0.15) is 225 Å². The van der Waals surface area contributed by atoms with E-state index in [-0.39, 0.29) is 0 Å². The Morgan fingerprint density at radius 3 is 0.698 bits per heavy atom. The SMILES string of the molecule is CCCCCCCCCCCCCCCCCCCCCCCCCCCCCCCCCCCCNCCNCCN. The molecule has 0 atom stereocenters. The van der Waals surface area contributed by atoms with Crippen molar-refractivity contribution < 1.29 is 0 Å². The average Bonchev–Trinajstić information content (AvgIpc) is 3.02. The van der Waals surface area contributed by atoms with Gasteiger partial charge in [0.25, 0.3) is 0 Å². The van der Waals surface area contributed by atoms with Gasteiger partial charge in [-0.05, 0) is 13.0 Å². The van der Waals surface area contributed by atoms with E-state index in [9.17, 15) is 0 Å². The molecule has 0 aromatic carbocycles. The van der Waals surface area contributed by atoms with Crippen molar-refractivity contribution in [3.63, 3.8) is 0 Å². The molecule has 0 rings (SSSR count). The quantitative estimate of drug-likeness (QED) is 0.0607. The molecule has 0 radical (unpaired) electrons. The van der Waals surface area contributed by atoms with Crippen LogP contribution in [0.3, 0.4) is 0 Å². The molecule has 0 saturated heterocycles. The van der Waals surface area contributed by atoms with Crippen molar-refractivity contribution in [2.45, 2.75) is 225 Å². The predicted molar refractivity (Wildman–Crippen MR) is 197 cm³/mol. The van der Waals surface area contributed by atoms with Crippen LogP contribution >= 0.6 is 0 Å². The van der Waals surface area contributed by atoms with Crippen molar-refractivity contribution in [2.24, 2.45) is 5.73 Å². The van der Waals surface area contributed by atoms with Gasteiger partial charge in [0.15, 0.2) is 0 Å². The third kappa shape index (κ3) is 41.9. The van der Waals surface area contributed by atoms with Crippen LogP contribution < -0.4 is 16.4 Å². The molecule has 0 aromatic heterocycles. The Labute approximate surface area is 273 Å². The zero-order valence-electron chi connectivity index (χ0n) is 30.2. The third-order valence-electron chi connectivity index (χ3n) is 9.51. The molecule has 0 amide bonds. The fraction of sp³-hybridized carbons (Fsp3) is 1.00. The summed E-state index contributed by atoms with van der Waals surface area (Å²) in [7, 11) is 0. The van der Waals surface area contributed by atoms with E-state index in [0.29, 0.717) is 0 Å². The zero-order valence-corrected chi connectivity index (χ0v) is 30.2. The molecule has 0 unspecified atom stereocenters. The second-order valence-electron chi connectivity index (χ2n) is 14.0. The van der Waals surface area contributed by atoms with E-state index >= 15 is 0 Å². The first-order valence-corrected chi connectivity index (χ1v) is 20.5. The van der Waals surface area contributed by atoms with E-state index in [1.54, 1.807) is 0 Å². The molecular weight excluding hydrogens is 522 g/mol. The average molecular weight is 608 g/mol. The van der Waals surface area contributed by atoms with Crippen LogP contribution in [0, 0.1) is 0 Å². The number of nitrogens with two attached hydrogens (primary N) is 1. The number of unbranched alkanes of at least 4 members (excludes halogenated alkanes) is 33. The molecule has 43 heavy (non-hydrogen) atoms. The van der Waals surface area contributed by atoms with Gasteiger partial charge in [0.2, 0.25) is 0 Å². The zero-order chi connectivity index (χ0) is 31.0. The van der Waals surface area contributed by atoms with Gasteiger partial charge in [-0.25, -0.2) is 0 Å². The van der Waals surface area contributed by atoms with Crippen molar-refractivity contribution in [1.29, 1.82) is 0 Å². The minimum absolute atomic E-state index is 0.736. The summed E-state index contributed by atoms with van der Waals surface area (Å²) in [5.41, 5.74) is 5.47. The van der Waals surface area contributed by atoms with E-state index in [0.717, 1.165) is 26.2 Å². The van der Waals surface area contributed by atoms with Crippen LogP contribution in [0.25, 0.3) is 0 Å². The number of rotatable bonds is 40. The van der Waals surface area contributed by atoms with Crippen LogP contribution in [-0.4, -0.2) is 32.7 Å². The monoisotopic (exact) mass is 608 g/mol. The van der Waals surface area contributed by atoms with Gasteiger partial charge in [0.05, 0.1) is 0 Å². The Bertz CT molecular complexity index is 415. The van der Waals surface area contributed by atoms with Gasteiger partial charge in [-0.2, -0.15) is 0 Å². The fourth-order valence-electron chi connectivity index (χ4n) is 6.51. The Balaban J connectivity index is 3.02. The predicted octanol–water partition coefficient (Wildman–Crippen LogP) is 12.4. The largest absolute Gasteiger partial charge is 0.329 e. The first-order chi connectivity index (χ1) is 21.4. The van der Waals surface area contributed by atoms with E-state index in [1.807, 2.05) is 0 Å². The second-order valence-corrected chi connectivity index (χ2v) is 14.0. The van der Waals surface area contributed by atoms with Crippen LogP contribution in [0.15, 0.2) is 0 Å². The molecule has 4 N–H and O–H groups in total. The minimum Gasteiger partial charge on any atom is -0.329 e. The third-order valence-corrected chi connectivity index (χ3v) is 9.51. The molecule has 0 saturated carbocycles. The molecule has 0 fully saturated rings. The summed E-state index contributed by atoms with van der Waals surface area (Å²) in [5.74, 6) is 0. The molecule has 260 valence electrons. The van der Waals surface area contributed by atoms with Crippen molar-refractivity contribution >= 4 is 0 Å². The molecule has 3 nitrogen and oxygen atoms in total. The van der Waals surface area contributed by atoms with Gasteiger partial charge in [-0.3, -0.25) is 0 Å². The maximum atomic E-state index is 5.47. The first-order valence-electron chi connectivity index (χ1n) is 20.5. The van der Waals surface area contributed by atoms with E-state index in [1.165, 1.54) is 225 Å². The van der Waals surface area contributed by atoms with Crippen LogP contribution in [0.4, 0.5) is 0 Å². The normalized spacial score (nSPS) is 11.6. The summed E-state index contributed by atoms with van der Waals surface area (Å²) in [6.07, 6.45) is 49.9. The summed E-state index contributed by atoms with van der Waals surface area (Å²) in [4.78, 5) is 0. The smallest absolute Gasteiger partial charge is 0.00772 e.